The molecule has 0 amide bonds. The van der Waals surface area contributed by atoms with Gasteiger partial charge >= 0.3 is 0 Å². The van der Waals surface area contributed by atoms with Gasteiger partial charge in [-0.2, -0.15) is 0 Å². The van der Waals surface area contributed by atoms with Crippen LogP contribution in [-0.2, 0) is 6.54 Å². The van der Waals surface area contributed by atoms with Crippen LogP contribution in [0.15, 0.2) is 70.7 Å². The number of methoxy groups -OCH3 is 1. The van der Waals surface area contributed by atoms with E-state index in [1.165, 1.54) is 47.5 Å². The Balaban J connectivity index is 1.45. The number of rotatable bonds is 7. The van der Waals surface area contributed by atoms with E-state index in [4.69, 9.17) is 21.3 Å². The van der Waals surface area contributed by atoms with E-state index >= 15 is 0 Å². The Morgan fingerprint density at radius 3 is 2.65 bits per heavy atom. The summed E-state index contributed by atoms with van der Waals surface area (Å²) in [5, 5.41) is 5.38. The number of hydrogen-bond donors (Lipinski definition) is 0. The minimum atomic E-state index is 0.708. The second kappa shape index (κ2) is 8.79. The van der Waals surface area contributed by atoms with Crippen LogP contribution in [0.2, 0.25) is 5.02 Å². The molecule has 2 fully saturated rings. The van der Waals surface area contributed by atoms with Gasteiger partial charge in [0.25, 0.3) is 0 Å². The topological polar surface area (TPSA) is 31.3 Å². The number of aliphatic imine (C=N–C) groups is 1. The number of hydrogen-bond acceptors (Lipinski definition) is 5. The Bertz CT molecular complexity index is 1200. The third kappa shape index (κ3) is 3.91. The predicted molar refractivity (Wildman–Crippen MR) is 137 cm³/mol. The van der Waals surface area contributed by atoms with E-state index in [0.717, 1.165) is 55.5 Å². The molecular formula is C28H31ClN4O. The zero-order valence-electron chi connectivity index (χ0n) is 19.9. The summed E-state index contributed by atoms with van der Waals surface area (Å²) in [6.45, 7) is 2.79. The molecule has 6 rings (SSSR count). The van der Waals surface area contributed by atoms with E-state index in [0.29, 0.717) is 5.02 Å². The van der Waals surface area contributed by atoms with E-state index in [9.17, 15) is 0 Å². The third-order valence-electron chi connectivity index (χ3n) is 7.29. The fraction of sp³-hybridized carbons (Fsp3) is 0.393. The molecule has 2 aromatic rings. The summed E-state index contributed by atoms with van der Waals surface area (Å²) in [6.07, 6.45) is 5.98. The van der Waals surface area contributed by atoms with E-state index in [-0.39, 0.29) is 0 Å². The van der Waals surface area contributed by atoms with Crippen LogP contribution in [0.4, 0.5) is 0 Å². The van der Waals surface area contributed by atoms with Crippen LogP contribution in [0.5, 0.6) is 5.75 Å². The van der Waals surface area contributed by atoms with Gasteiger partial charge < -0.3 is 9.64 Å². The molecule has 2 aliphatic heterocycles. The van der Waals surface area contributed by atoms with Crippen molar-refractivity contribution < 1.29 is 4.74 Å². The summed E-state index contributed by atoms with van der Waals surface area (Å²) < 4.78 is 5.38. The van der Waals surface area contributed by atoms with E-state index < -0.39 is 0 Å². The first-order chi connectivity index (χ1) is 16.6. The summed E-state index contributed by atoms with van der Waals surface area (Å²) in [5.41, 5.74) is 6.25. The van der Waals surface area contributed by atoms with Gasteiger partial charge in [-0.25, -0.2) is 15.0 Å². The highest BCUT2D eigenvalue weighted by atomic mass is 35.5. The lowest BCUT2D eigenvalue weighted by Crippen LogP contribution is -2.44. The molecule has 0 spiro atoms. The average molecular weight is 475 g/mol. The lowest BCUT2D eigenvalue weighted by molar-refractivity contribution is 0.0577. The Kier molecular flexibility index (Phi) is 5.62. The van der Waals surface area contributed by atoms with Crippen LogP contribution >= 0.6 is 11.6 Å². The summed E-state index contributed by atoms with van der Waals surface area (Å²) in [5.74, 6) is 3.92. The molecule has 0 atom stereocenters. The molecule has 0 N–H and O–H groups in total. The number of ether oxygens (including phenoxy) is 1. The third-order valence-corrected chi connectivity index (χ3v) is 7.60. The molecule has 2 saturated carbocycles. The highest BCUT2D eigenvalue weighted by Crippen LogP contribution is 2.45. The summed E-state index contributed by atoms with van der Waals surface area (Å²) in [7, 11) is 3.84. The second-order valence-corrected chi connectivity index (χ2v) is 10.2. The minimum absolute atomic E-state index is 0.708. The number of halogens is 1. The second-order valence-electron chi connectivity index (χ2n) is 9.80. The Morgan fingerprint density at radius 2 is 1.91 bits per heavy atom. The maximum Gasteiger partial charge on any atom is 0.154 e. The SMILES string of the molecule is COc1ccc(C2=C3N=C4CCCC4=C(N(Cc4ccccc4)CC4CC4)N3N(C)C2)c(Cl)c1. The predicted octanol–water partition coefficient (Wildman–Crippen LogP) is 5.94. The number of benzene rings is 2. The highest BCUT2D eigenvalue weighted by molar-refractivity contribution is 6.32. The quantitative estimate of drug-likeness (QED) is 0.496. The number of hydrazine groups is 1. The van der Waals surface area contributed by atoms with Crippen LogP contribution < -0.4 is 4.74 Å². The maximum absolute atomic E-state index is 6.74. The minimum Gasteiger partial charge on any atom is -0.497 e. The highest BCUT2D eigenvalue weighted by Gasteiger charge is 2.41. The smallest absolute Gasteiger partial charge is 0.154 e. The van der Waals surface area contributed by atoms with Crippen molar-refractivity contribution in [2.45, 2.75) is 38.6 Å². The molecule has 4 aliphatic rings. The fourth-order valence-corrected chi connectivity index (χ4v) is 5.71. The molecule has 6 heteroatoms. The van der Waals surface area contributed by atoms with E-state index in [2.05, 4.69) is 58.4 Å². The van der Waals surface area contributed by atoms with Crippen molar-refractivity contribution in [1.82, 2.24) is 14.9 Å². The van der Waals surface area contributed by atoms with Crippen LogP contribution in [0.1, 0.15) is 43.2 Å². The fourth-order valence-electron chi connectivity index (χ4n) is 5.42. The molecule has 34 heavy (non-hydrogen) atoms. The van der Waals surface area contributed by atoms with Gasteiger partial charge in [0.2, 0.25) is 0 Å². The molecule has 2 aliphatic carbocycles. The maximum atomic E-state index is 6.74. The molecule has 0 radical (unpaired) electrons. The molecule has 0 bridgehead atoms. The van der Waals surface area contributed by atoms with Gasteiger partial charge in [-0.3, -0.25) is 0 Å². The number of allylic oxidation sites excluding steroid dienone is 1. The number of nitrogens with zero attached hydrogens (tertiary/aromatic N) is 4. The molecule has 5 nitrogen and oxygen atoms in total. The number of likely N-dealkylation sites (N-methyl/N-ethyl adjacent to an activating group) is 1. The standard InChI is InChI=1S/C28H31ClN4O/c1-31-18-24(22-14-13-21(34-2)15-25(22)29)27-30-26-10-6-9-23(26)28(33(27)31)32(17-20-11-12-20)16-19-7-4-3-5-8-19/h3-5,7-8,13-15,20H,6,9-12,16-18H2,1-2H3. The van der Waals surface area contributed by atoms with Crippen LogP contribution in [-0.4, -0.2) is 47.9 Å². The Hall–Kier alpha value is -2.76. The van der Waals surface area contributed by atoms with Crippen molar-refractivity contribution in [3.05, 3.63) is 81.9 Å². The molecule has 0 aromatic heterocycles. The molecule has 176 valence electrons. The molecular weight excluding hydrogens is 444 g/mol. The molecule has 0 saturated heterocycles. The van der Waals surface area contributed by atoms with Gasteiger partial charge in [0.05, 0.1) is 12.1 Å². The summed E-state index contributed by atoms with van der Waals surface area (Å²) >= 11 is 6.74. The van der Waals surface area contributed by atoms with Gasteiger partial charge in [0.1, 0.15) is 11.6 Å². The monoisotopic (exact) mass is 474 g/mol. The first-order valence-corrected chi connectivity index (χ1v) is 12.7. The van der Waals surface area contributed by atoms with Gasteiger partial charge in [0, 0.05) is 49.1 Å². The molecule has 2 heterocycles. The van der Waals surface area contributed by atoms with Crippen LogP contribution in [0.25, 0.3) is 5.57 Å². The van der Waals surface area contributed by atoms with Crippen molar-refractivity contribution in [3.8, 4) is 5.75 Å². The largest absolute Gasteiger partial charge is 0.497 e. The summed E-state index contributed by atoms with van der Waals surface area (Å²) in [6, 6.07) is 16.8. The molecule has 2 aromatic carbocycles. The van der Waals surface area contributed by atoms with Crippen molar-refractivity contribution in [2.24, 2.45) is 10.9 Å². The average Bonchev–Trinajstić information content (AvgIpc) is 3.44. The lowest BCUT2D eigenvalue weighted by Gasteiger charge is -2.40. The van der Waals surface area contributed by atoms with Gasteiger partial charge in [-0.05, 0) is 61.8 Å². The van der Waals surface area contributed by atoms with E-state index in [1.54, 1.807) is 7.11 Å². The zero-order chi connectivity index (χ0) is 23.2. The van der Waals surface area contributed by atoms with Crippen LogP contribution in [0, 0.1) is 5.92 Å². The van der Waals surface area contributed by atoms with Crippen molar-refractivity contribution in [1.29, 1.82) is 0 Å². The number of fused-ring (bicyclic) bond motifs is 2. The Labute approximate surface area is 206 Å². The zero-order valence-corrected chi connectivity index (χ0v) is 20.7. The van der Waals surface area contributed by atoms with Gasteiger partial charge in [-0.15, -0.1) is 0 Å². The van der Waals surface area contributed by atoms with Gasteiger partial charge in [0.15, 0.2) is 5.82 Å². The normalized spacial score (nSPS) is 20.0. The molecule has 0 unspecified atom stereocenters. The first kappa shape index (κ1) is 21.8. The van der Waals surface area contributed by atoms with Crippen molar-refractivity contribution >= 4 is 22.9 Å². The Morgan fingerprint density at radius 1 is 1.09 bits per heavy atom. The lowest BCUT2D eigenvalue weighted by atomic mass is 10.0. The van der Waals surface area contributed by atoms with E-state index in [1.807, 2.05) is 12.1 Å². The van der Waals surface area contributed by atoms with Crippen LogP contribution in [0.3, 0.4) is 0 Å². The van der Waals surface area contributed by atoms with Crippen molar-refractivity contribution in [2.75, 3.05) is 27.2 Å². The first-order valence-electron chi connectivity index (χ1n) is 12.3. The van der Waals surface area contributed by atoms with Crippen molar-refractivity contribution in [3.63, 3.8) is 0 Å². The summed E-state index contributed by atoms with van der Waals surface area (Å²) in [4.78, 5) is 7.86. The van der Waals surface area contributed by atoms with Gasteiger partial charge in [-0.1, -0.05) is 41.9 Å².